The number of hydrogen-bond acceptors (Lipinski definition) is 7. The first-order valence-corrected chi connectivity index (χ1v) is 8.37. The predicted molar refractivity (Wildman–Crippen MR) is 103 cm³/mol. The van der Waals surface area contributed by atoms with Crippen molar-refractivity contribution in [2.45, 2.75) is 25.7 Å². The number of benzene rings is 1. The van der Waals surface area contributed by atoms with Gasteiger partial charge < -0.3 is 15.9 Å². The van der Waals surface area contributed by atoms with Crippen LogP contribution in [0.1, 0.15) is 31.3 Å². The number of hydrogen-bond donors (Lipinski definition) is 3. The Morgan fingerprint density at radius 2 is 2.00 bits per heavy atom. The van der Waals surface area contributed by atoms with Gasteiger partial charge in [0, 0.05) is 23.2 Å². The van der Waals surface area contributed by atoms with E-state index < -0.39 is 11.8 Å². The third-order valence-corrected chi connectivity index (χ3v) is 3.83. The average molecular weight is 366 g/mol. The van der Waals surface area contributed by atoms with Crippen LogP contribution in [-0.2, 0) is 0 Å². The summed E-state index contributed by atoms with van der Waals surface area (Å²) in [5, 5.41) is 25.7. The van der Waals surface area contributed by atoms with Crippen molar-refractivity contribution in [3.8, 4) is 17.7 Å². The standard InChI is InChI=1S/C19H22N6O2/c1-19(2,27)9-7-12-5-6-13-14(11-12)25(15-8-10-21-18(20)22-15)23-16(13)17(26)24(3)4/h5-6,8,10-11,17,26-27H,1-4H3,(H2,20,21,22). The van der Waals surface area contributed by atoms with Gasteiger partial charge in [0.1, 0.15) is 11.3 Å². The monoisotopic (exact) mass is 366 g/mol. The van der Waals surface area contributed by atoms with Gasteiger partial charge in [-0.1, -0.05) is 11.8 Å². The molecule has 3 aromatic rings. The first-order chi connectivity index (χ1) is 12.7. The lowest BCUT2D eigenvalue weighted by atomic mass is 10.1. The molecule has 0 aliphatic rings. The molecule has 3 rings (SSSR count). The molecule has 0 saturated heterocycles. The average Bonchev–Trinajstić information content (AvgIpc) is 2.97. The van der Waals surface area contributed by atoms with Gasteiger partial charge in [-0.2, -0.15) is 10.1 Å². The largest absolute Gasteiger partial charge is 0.378 e. The molecule has 27 heavy (non-hydrogen) atoms. The van der Waals surface area contributed by atoms with Crippen LogP contribution >= 0.6 is 0 Å². The first-order valence-electron chi connectivity index (χ1n) is 8.37. The van der Waals surface area contributed by atoms with E-state index in [2.05, 4.69) is 26.9 Å². The van der Waals surface area contributed by atoms with E-state index in [1.165, 1.54) is 0 Å². The lowest BCUT2D eigenvalue weighted by Crippen LogP contribution is -2.20. The van der Waals surface area contributed by atoms with Gasteiger partial charge in [0.25, 0.3) is 0 Å². The molecule has 8 nitrogen and oxygen atoms in total. The highest BCUT2D eigenvalue weighted by Gasteiger charge is 2.21. The topological polar surface area (TPSA) is 113 Å². The number of aliphatic hydroxyl groups excluding tert-OH is 1. The van der Waals surface area contributed by atoms with Gasteiger partial charge in [-0.3, -0.25) is 4.90 Å². The Bertz CT molecular complexity index is 1040. The van der Waals surface area contributed by atoms with Crippen LogP contribution in [-0.4, -0.2) is 54.6 Å². The van der Waals surface area contributed by atoms with E-state index in [0.717, 1.165) is 5.39 Å². The smallest absolute Gasteiger partial charge is 0.221 e. The fourth-order valence-electron chi connectivity index (χ4n) is 2.53. The molecule has 1 aromatic carbocycles. The molecule has 0 saturated carbocycles. The summed E-state index contributed by atoms with van der Waals surface area (Å²) in [5.74, 6) is 6.36. The van der Waals surface area contributed by atoms with Gasteiger partial charge in [0.05, 0.1) is 5.52 Å². The SMILES string of the molecule is CN(C)C(O)c1nn(-c2ccnc(N)n2)c2cc(C#CC(C)(C)O)ccc12. The van der Waals surface area contributed by atoms with Crippen LogP contribution in [0.15, 0.2) is 30.5 Å². The van der Waals surface area contributed by atoms with Crippen molar-refractivity contribution in [2.24, 2.45) is 0 Å². The molecule has 0 bridgehead atoms. The van der Waals surface area contributed by atoms with Gasteiger partial charge in [-0.15, -0.1) is 0 Å². The van der Waals surface area contributed by atoms with Crippen LogP contribution in [0, 0.1) is 11.8 Å². The van der Waals surface area contributed by atoms with E-state index in [4.69, 9.17) is 5.73 Å². The van der Waals surface area contributed by atoms with Crippen molar-refractivity contribution in [2.75, 3.05) is 19.8 Å². The van der Waals surface area contributed by atoms with Gasteiger partial charge >= 0.3 is 0 Å². The molecule has 0 amide bonds. The van der Waals surface area contributed by atoms with Gasteiger partial charge in [0.2, 0.25) is 5.95 Å². The minimum atomic E-state index is -1.09. The van der Waals surface area contributed by atoms with Crippen LogP contribution in [0.2, 0.25) is 0 Å². The number of rotatable bonds is 3. The van der Waals surface area contributed by atoms with Crippen LogP contribution < -0.4 is 5.73 Å². The third-order valence-electron chi connectivity index (χ3n) is 3.83. The molecule has 4 N–H and O–H groups in total. The third kappa shape index (κ3) is 4.06. The Morgan fingerprint density at radius 3 is 2.63 bits per heavy atom. The van der Waals surface area contributed by atoms with Crippen molar-refractivity contribution in [1.82, 2.24) is 24.6 Å². The van der Waals surface area contributed by atoms with Crippen LogP contribution in [0.3, 0.4) is 0 Å². The van der Waals surface area contributed by atoms with E-state index >= 15 is 0 Å². The fraction of sp³-hybridized carbons (Fsp3) is 0.316. The number of aromatic nitrogens is 4. The minimum Gasteiger partial charge on any atom is -0.378 e. The highest BCUT2D eigenvalue weighted by molar-refractivity contribution is 5.85. The summed E-state index contributed by atoms with van der Waals surface area (Å²) in [6.45, 7) is 3.25. The molecule has 0 radical (unpaired) electrons. The number of fused-ring (bicyclic) bond motifs is 1. The summed E-state index contributed by atoms with van der Waals surface area (Å²) >= 11 is 0. The summed E-state index contributed by atoms with van der Waals surface area (Å²) in [7, 11) is 3.53. The second-order valence-electron chi connectivity index (χ2n) is 6.95. The van der Waals surface area contributed by atoms with Gasteiger partial charge in [-0.05, 0) is 46.1 Å². The molecule has 0 spiro atoms. The van der Waals surface area contributed by atoms with Crippen molar-refractivity contribution in [1.29, 1.82) is 0 Å². The highest BCUT2D eigenvalue weighted by Crippen LogP contribution is 2.27. The van der Waals surface area contributed by atoms with Crippen molar-refractivity contribution in [3.05, 3.63) is 41.7 Å². The zero-order valence-corrected chi connectivity index (χ0v) is 15.7. The number of anilines is 1. The number of nitrogens with two attached hydrogens (primary N) is 1. The molecule has 140 valence electrons. The van der Waals surface area contributed by atoms with Crippen LogP contribution in [0.5, 0.6) is 0 Å². The molecule has 1 unspecified atom stereocenters. The highest BCUT2D eigenvalue weighted by atomic mass is 16.3. The molecular formula is C19H22N6O2. The number of aliphatic hydroxyl groups is 2. The van der Waals surface area contributed by atoms with Gasteiger partial charge in [0.15, 0.2) is 12.0 Å². The van der Waals surface area contributed by atoms with E-state index in [1.54, 1.807) is 49.8 Å². The van der Waals surface area contributed by atoms with E-state index in [-0.39, 0.29) is 5.95 Å². The zero-order valence-electron chi connectivity index (χ0n) is 15.7. The fourth-order valence-corrected chi connectivity index (χ4v) is 2.53. The lowest BCUT2D eigenvalue weighted by Gasteiger charge is -2.16. The molecule has 0 aliphatic heterocycles. The quantitative estimate of drug-likeness (QED) is 0.469. The summed E-state index contributed by atoms with van der Waals surface area (Å²) in [6, 6.07) is 7.20. The lowest BCUT2D eigenvalue weighted by molar-refractivity contribution is 0.0367. The van der Waals surface area contributed by atoms with Crippen molar-refractivity contribution >= 4 is 16.9 Å². The second-order valence-corrected chi connectivity index (χ2v) is 6.95. The molecule has 2 heterocycles. The minimum absolute atomic E-state index is 0.129. The zero-order chi connectivity index (χ0) is 19.8. The molecule has 1 atom stereocenters. The molecule has 0 aliphatic carbocycles. The number of nitrogens with zero attached hydrogens (tertiary/aromatic N) is 5. The molecule has 8 heteroatoms. The Balaban J connectivity index is 2.24. The summed E-state index contributed by atoms with van der Waals surface area (Å²) in [5.41, 5.74) is 6.53. The van der Waals surface area contributed by atoms with Crippen LogP contribution in [0.4, 0.5) is 5.95 Å². The first kappa shape index (κ1) is 18.8. The Hall–Kier alpha value is -2.99. The maximum Gasteiger partial charge on any atom is 0.221 e. The van der Waals surface area contributed by atoms with E-state index in [1.807, 2.05) is 18.2 Å². The number of nitrogen functional groups attached to an aromatic ring is 1. The summed E-state index contributed by atoms with van der Waals surface area (Å²) in [6.07, 6.45) is 0.659. The molecular weight excluding hydrogens is 344 g/mol. The predicted octanol–water partition coefficient (Wildman–Crippen LogP) is 1.07. The molecule has 2 aromatic heterocycles. The Morgan fingerprint density at radius 1 is 1.26 bits per heavy atom. The second kappa shape index (κ2) is 6.96. The normalized spacial score (nSPS) is 12.9. The van der Waals surface area contributed by atoms with Crippen molar-refractivity contribution < 1.29 is 10.2 Å². The van der Waals surface area contributed by atoms with Crippen LogP contribution in [0.25, 0.3) is 16.7 Å². The Kier molecular flexibility index (Phi) is 4.85. The van der Waals surface area contributed by atoms with E-state index in [0.29, 0.717) is 22.6 Å². The van der Waals surface area contributed by atoms with E-state index in [9.17, 15) is 10.2 Å². The maximum absolute atomic E-state index is 10.5. The molecule has 0 fully saturated rings. The maximum atomic E-state index is 10.5. The van der Waals surface area contributed by atoms with Crippen molar-refractivity contribution in [3.63, 3.8) is 0 Å². The van der Waals surface area contributed by atoms with Gasteiger partial charge in [-0.25, -0.2) is 9.67 Å². The summed E-state index contributed by atoms with van der Waals surface area (Å²) in [4.78, 5) is 9.78. The summed E-state index contributed by atoms with van der Waals surface area (Å²) < 4.78 is 1.60. The Labute approximate surface area is 157 Å².